The van der Waals surface area contributed by atoms with Crippen molar-refractivity contribution in [1.82, 2.24) is 5.32 Å². The van der Waals surface area contributed by atoms with Crippen LogP contribution in [0.5, 0.6) is 11.5 Å². The van der Waals surface area contributed by atoms with E-state index in [4.69, 9.17) is 14.2 Å². The zero-order chi connectivity index (χ0) is 15.2. The van der Waals surface area contributed by atoms with Gasteiger partial charge in [0.2, 0.25) is 0 Å². The molecule has 0 aliphatic carbocycles. The van der Waals surface area contributed by atoms with Gasteiger partial charge in [-0.2, -0.15) is 0 Å². The standard InChI is InChI=1S/C17H27NO3/c1-5-10-18-17(15-9-6-12(2)21-15)14-8-7-13(19-3)11-16(14)20-4/h7-8,11-12,15,17-18H,5-6,9-10H2,1-4H3. The number of rotatable bonds is 7. The molecular formula is C17H27NO3. The molecule has 3 unspecified atom stereocenters. The minimum absolute atomic E-state index is 0.163. The fourth-order valence-corrected chi connectivity index (χ4v) is 2.90. The van der Waals surface area contributed by atoms with Crippen molar-refractivity contribution < 1.29 is 14.2 Å². The molecule has 1 N–H and O–H groups in total. The van der Waals surface area contributed by atoms with Gasteiger partial charge in [-0.05, 0) is 44.9 Å². The number of ether oxygens (including phenoxy) is 3. The summed E-state index contributed by atoms with van der Waals surface area (Å²) in [6.07, 6.45) is 3.83. The quantitative estimate of drug-likeness (QED) is 0.837. The molecule has 0 bridgehead atoms. The third kappa shape index (κ3) is 3.89. The van der Waals surface area contributed by atoms with Crippen LogP contribution in [0.4, 0.5) is 0 Å². The van der Waals surface area contributed by atoms with Gasteiger partial charge in [0.05, 0.1) is 32.5 Å². The summed E-state index contributed by atoms with van der Waals surface area (Å²) in [7, 11) is 3.37. The number of hydrogen-bond donors (Lipinski definition) is 1. The third-order valence-corrected chi connectivity index (χ3v) is 4.03. The van der Waals surface area contributed by atoms with Crippen LogP contribution in [0.2, 0.25) is 0 Å². The summed E-state index contributed by atoms with van der Waals surface area (Å²) in [4.78, 5) is 0. The first-order chi connectivity index (χ1) is 10.2. The molecule has 0 aromatic heterocycles. The zero-order valence-corrected chi connectivity index (χ0v) is 13.5. The van der Waals surface area contributed by atoms with Gasteiger partial charge in [-0.25, -0.2) is 0 Å². The van der Waals surface area contributed by atoms with Crippen LogP contribution < -0.4 is 14.8 Å². The Bertz CT molecular complexity index is 450. The van der Waals surface area contributed by atoms with Crippen LogP contribution in [0, 0.1) is 0 Å². The second-order valence-corrected chi connectivity index (χ2v) is 5.60. The van der Waals surface area contributed by atoms with Crippen molar-refractivity contribution in [2.45, 2.75) is 51.4 Å². The summed E-state index contributed by atoms with van der Waals surface area (Å²) in [6.45, 7) is 5.28. The number of hydrogen-bond acceptors (Lipinski definition) is 4. The molecule has 3 atom stereocenters. The molecular weight excluding hydrogens is 266 g/mol. The van der Waals surface area contributed by atoms with E-state index in [1.807, 2.05) is 12.1 Å². The molecule has 4 nitrogen and oxygen atoms in total. The molecule has 1 aliphatic rings. The second-order valence-electron chi connectivity index (χ2n) is 5.60. The topological polar surface area (TPSA) is 39.7 Å². The van der Waals surface area contributed by atoms with E-state index >= 15 is 0 Å². The number of methoxy groups -OCH3 is 2. The highest BCUT2D eigenvalue weighted by Gasteiger charge is 2.32. The van der Waals surface area contributed by atoms with Crippen molar-refractivity contribution in [3.8, 4) is 11.5 Å². The average molecular weight is 293 g/mol. The van der Waals surface area contributed by atoms with E-state index in [0.717, 1.165) is 42.9 Å². The lowest BCUT2D eigenvalue weighted by atomic mass is 9.97. The summed E-state index contributed by atoms with van der Waals surface area (Å²) in [6, 6.07) is 6.17. The highest BCUT2D eigenvalue weighted by atomic mass is 16.5. The van der Waals surface area contributed by atoms with Crippen LogP contribution >= 0.6 is 0 Å². The molecule has 1 aromatic rings. The summed E-state index contributed by atoms with van der Waals surface area (Å²) < 4.78 is 16.9. The maximum Gasteiger partial charge on any atom is 0.127 e. The van der Waals surface area contributed by atoms with Crippen LogP contribution in [-0.4, -0.2) is 33.0 Å². The zero-order valence-electron chi connectivity index (χ0n) is 13.5. The van der Waals surface area contributed by atoms with Crippen molar-refractivity contribution in [1.29, 1.82) is 0 Å². The normalized spacial score (nSPS) is 23.0. The molecule has 1 aliphatic heterocycles. The molecule has 1 heterocycles. The van der Waals surface area contributed by atoms with E-state index in [1.165, 1.54) is 0 Å². The molecule has 21 heavy (non-hydrogen) atoms. The number of nitrogens with one attached hydrogen (secondary N) is 1. The number of benzene rings is 1. The fraction of sp³-hybridized carbons (Fsp3) is 0.647. The first-order valence-corrected chi connectivity index (χ1v) is 7.80. The molecule has 118 valence electrons. The predicted molar refractivity (Wildman–Crippen MR) is 84.1 cm³/mol. The SMILES string of the molecule is CCCNC(c1ccc(OC)cc1OC)C1CCC(C)O1. The van der Waals surface area contributed by atoms with Gasteiger partial charge < -0.3 is 19.5 Å². The van der Waals surface area contributed by atoms with Gasteiger partial charge in [0.15, 0.2) is 0 Å². The Balaban J connectivity index is 2.26. The minimum atomic E-state index is 0.163. The first kappa shape index (κ1) is 16.1. The first-order valence-electron chi connectivity index (χ1n) is 7.80. The lowest BCUT2D eigenvalue weighted by Gasteiger charge is -2.27. The third-order valence-electron chi connectivity index (χ3n) is 4.03. The Hall–Kier alpha value is -1.26. The highest BCUT2D eigenvalue weighted by molar-refractivity contribution is 5.43. The maximum absolute atomic E-state index is 6.08. The Kier molecular flexibility index (Phi) is 5.88. The van der Waals surface area contributed by atoms with E-state index < -0.39 is 0 Å². The maximum atomic E-state index is 6.08. The summed E-state index contributed by atoms with van der Waals surface area (Å²) in [5.74, 6) is 1.66. The van der Waals surface area contributed by atoms with E-state index in [9.17, 15) is 0 Å². The molecule has 0 amide bonds. The molecule has 1 aromatic carbocycles. The Morgan fingerprint density at radius 1 is 1.29 bits per heavy atom. The van der Waals surface area contributed by atoms with E-state index in [0.29, 0.717) is 6.10 Å². The van der Waals surface area contributed by atoms with Gasteiger partial charge in [0.1, 0.15) is 11.5 Å². The molecule has 0 saturated carbocycles. The van der Waals surface area contributed by atoms with Crippen LogP contribution in [0.3, 0.4) is 0 Å². The van der Waals surface area contributed by atoms with Crippen molar-refractivity contribution in [2.24, 2.45) is 0 Å². The van der Waals surface area contributed by atoms with Gasteiger partial charge in [0, 0.05) is 11.6 Å². The van der Waals surface area contributed by atoms with Crippen LogP contribution in [-0.2, 0) is 4.74 Å². The average Bonchev–Trinajstić information content (AvgIpc) is 2.94. The lowest BCUT2D eigenvalue weighted by Crippen LogP contribution is -2.33. The van der Waals surface area contributed by atoms with Gasteiger partial charge in [-0.3, -0.25) is 0 Å². The summed E-state index contributed by atoms with van der Waals surface area (Å²) >= 11 is 0. The van der Waals surface area contributed by atoms with E-state index in [-0.39, 0.29) is 12.1 Å². The smallest absolute Gasteiger partial charge is 0.127 e. The van der Waals surface area contributed by atoms with E-state index in [1.54, 1.807) is 14.2 Å². The van der Waals surface area contributed by atoms with E-state index in [2.05, 4.69) is 25.2 Å². The van der Waals surface area contributed by atoms with Crippen molar-refractivity contribution in [2.75, 3.05) is 20.8 Å². The van der Waals surface area contributed by atoms with Crippen molar-refractivity contribution >= 4 is 0 Å². The molecule has 0 spiro atoms. The van der Waals surface area contributed by atoms with Crippen LogP contribution in [0.25, 0.3) is 0 Å². The lowest BCUT2D eigenvalue weighted by molar-refractivity contribution is 0.0311. The largest absolute Gasteiger partial charge is 0.497 e. The Morgan fingerprint density at radius 3 is 2.67 bits per heavy atom. The Morgan fingerprint density at radius 2 is 2.10 bits per heavy atom. The molecule has 1 fully saturated rings. The predicted octanol–water partition coefficient (Wildman–Crippen LogP) is 3.31. The van der Waals surface area contributed by atoms with Crippen molar-refractivity contribution in [3.05, 3.63) is 23.8 Å². The van der Waals surface area contributed by atoms with Gasteiger partial charge in [-0.15, -0.1) is 0 Å². The highest BCUT2D eigenvalue weighted by Crippen LogP contribution is 2.36. The molecule has 0 radical (unpaired) electrons. The van der Waals surface area contributed by atoms with Crippen LogP contribution in [0.1, 0.15) is 44.7 Å². The summed E-state index contributed by atoms with van der Waals surface area (Å²) in [5, 5.41) is 3.61. The Labute approximate surface area is 127 Å². The second kappa shape index (κ2) is 7.66. The van der Waals surface area contributed by atoms with Crippen molar-refractivity contribution in [3.63, 3.8) is 0 Å². The molecule has 4 heteroatoms. The monoisotopic (exact) mass is 293 g/mol. The van der Waals surface area contributed by atoms with Gasteiger partial charge in [0.25, 0.3) is 0 Å². The van der Waals surface area contributed by atoms with Gasteiger partial charge >= 0.3 is 0 Å². The summed E-state index contributed by atoms with van der Waals surface area (Å²) in [5.41, 5.74) is 1.14. The minimum Gasteiger partial charge on any atom is -0.497 e. The fourth-order valence-electron chi connectivity index (χ4n) is 2.90. The molecule has 2 rings (SSSR count). The van der Waals surface area contributed by atoms with Gasteiger partial charge in [-0.1, -0.05) is 6.92 Å². The van der Waals surface area contributed by atoms with Crippen LogP contribution in [0.15, 0.2) is 18.2 Å². The molecule has 1 saturated heterocycles.